The number of aryl methyl sites for hydroxylation is 2. The lowest BCUT2D eigenvalue weighted by molar-refractivity contribution is -0.117. The number of rotatable bonds is 8. The van der Waals surface area contributed by atoms with Crippen molar-refractivity contribution in [2.24, 2.45) is 0 Å². The molecule has 0 radical (unpaired) electrons. The molecular weight excluding hydrogens is 369 g/mol. The molecule has 0 aromatic heterocycles. The summed E-state index contributed by atoms with van der Waals surface area (Å²) in [4.78, 5) is 16.7. The van der Waals surface area contributed by atoms with Crippen LogP contribution in [0.3, 0.4) is 0 Å². The monoisotopic (exact) mass is 399 g/mol. The minimum atomic E-state index is -0.307. The summed E-state index contributed by atoms with van der Waals surface area (Å²) in [6.45, 7) is 9.88. The minimum absolute atomic E-state index is 0.0630. The van der Waals surface area contributed by atoms with Gasteiger partial charge in [-0.2, -0.15) is 0 Å². The number of benzene rings is 2. The maximum atomic E-state index is 12.9. The number of hydrogen-bond acceptors (Lipinski definition) is 4. The molecule has 0 bridgehead atoms. The molecule has 1 heterocycles. The van der Waals surface area contributed by atoms with Crippen LogP contribution in [0, 0.1) is 19.7 Å². The predicted octanol–water partition coefficient (Wildman–Crippen LogP) is 3.47. The molecule has 0 aliphatic carbocycles. The van der Waals surface area contributed by atoms with Crippen LogP contribution in [0.2, 0.25) is 0 Å². The molecule has 1 aliphatic rings. The Bertz CT molecular complexity index is 782. The summed E-state index contributed by atoms with van der Waals surface area (Å²) >= 11 is 0. The third-order valence-electron chi connectivity index (χ3n) is 5.04. The number of halogens is 1. The molecule has 1 aliphatic heterocycles. The molecule has 0 unspecified atom stereocenters. The highest BCUT2D eigenvalue weighted by Crippen LogP contribution is 2.16. The number of carbonyl (C=O) groups excluding carboxylic acids is 1. The molecule has 5 nitrogen and oxygen atoms in total. The van der Waals surface area contributed by atoms with Gasteiger partial charge in [-0.1, -0.05) is 6.07 Å². The minimum Gasteiger partial charge on any atom is -0.494 e. The highest BCUT2D eigenvalue weighted by Gasteiger charge is 2.18. The summed E-state index contributed by atoms with van der Waals surface area (Å²) in [7, 11) is 0. The van der Waals surface area contributed by atoms with E-state index in [-0.39, 0.29) is 11.7 Å². The first-order chi connectivity index (χ1) is 14.0. The first kappa shape index (κ1) is 21.3. The molecule has 0 spiro atoms. The van der Waals surface area contributed by atoms with E-state index in [9.17, 15) is 9.18 Å². The maximum Gasteiger partial charge on any atom is 0.238 e. The number of anilines is 1. The molecule has 0 atom stereocenters. The van der Waals surface area contributed by atoms with E-state index < -0.39 is 0 Å². The fourth-order valence-corrected chi connectivity index (χ4v) is 3.60. The van der Waals surface area contributed by atoms with E-state index in [1.165, 1.54) is 23.3 Å². The van der Waals surface area contributed by atoms with Gasteiger partial charge in [0.25, 0.3) is 0 Å². The van der Waals surface area contributed by atoms with Gasteiger partial charge in [0.15, 0.2) is 0 Å². The van der Waals surface area contributed by atoms with Crippen LogP contribution in [0.15, 0.2) is 42.5 Å². The Morgan fingerprint density at radius 2 is 1.62 bits per heavy atom. The van der Waals surface area contributed by atoms with Gasteiger partial charge in [-0.15, -0.1) is 0 Å². The number of nitrogens with one attached hydrogen (secondary N) is 1. The Kier molecular flexibility index (Phi) is 7.61. The quantitative estimate of drug-likeness (QED) is 0.691. The Balaban J connectivity index is 1.30. The normalized spacial score (nSPS) is 15.3. The average Bonchev–Trinajstić information content (AvgIpc) is 2.67. The number of carbonyl (C=O) groups is 1. The lowest BCUT2D eigenvalue weighted by Gasteiger charge is -2.34. The average molecular weight is 400 g/mol. The van der Waals surface area contributed by atoms with Gasteiger partial charge in [-0.25, -0.2) is 4.39 Å². The number of ether oxygens (including phenoxy) is 1. The SMILES string of the molecule is Cc1cc(C)cc(OCCCN2CCN(CC(=O)Nc3ccc(F)cc3)CC2)c1. The van der Waals surface area contributed by atoms with E-state index >= 15 is 0 Å². The standard InChI is InChI=1S/C23H30FN3O2/c1-18-14-19(2)16-22(15-18)29-13-3-8-26-9-11-27(12-10-26)17-23(28)25-21-6-4-20(24)5-7-21/h4-7,14-16H,3,8-13,17H2,1-2H3,(H,25,28). The van der Waals surface area contributed by atoms with Crippen LogP contribution >= 0.6 is 0 Å². The van der Waals surface area contributed by atoms with Crippen molar-refractivity contribution in [3.8, 4) is 5.75 Å². The van der Waals surface area contributed by atoms with Gasteiger partial charge in [0.05, 0.1) is 13.2 Å². The Hall–Kier alpha value is -2.44. The maximum absolute atomic E-state index is 12.9. The summed E-state index contributed by atoms with van der Waals surface area (Å²) in [5, 5.41) is 2.82. The second kappa shape index (κ2) is 10.4. The zero-order valence-electron chi connectivity index (χ0n) is 17.3. The summed E-state index contributed by atoms with van der Waals surface area (Å²) in [5.41, 5.74) is 3.07. The lowest BCUT2D eigenvalue weighted by atomic mass is 10.1. The molecule has 2 aromatic carbocycles. The molecule has 1 saturated heterocycles. The molecule has 29 heavy (non-hydrogen) atoms. The van der Waals surface area contributed by atoms with Crippen molar-refractivity contribution in [3.63, 3.8) is 0 Å². The second-order valence-electron chi connectivity index (χ2n) is 7.70. The van der Waals surface area contributed by atoms with Gasteiger partial charge in [0, 0.05) is 38.4 Å². The summed E-state index contributed by atoms with van der Waals surface area (Å²) in [6, 6.07) is 12.1. The Labute approximate surface area is 172 Å². The number of piperazine rings is 1. The van der Waals surface area contributed by atoms with Crippen molar-refractivity contribution >= 4 is 11.6 Å². The van der Waals surface area contributed by atoms with Gasteiger partial charge >= 0.3 is 0 Å². The van der Waals surface area contributed by atoms with Crippen molar-refractivity contribution in [1.82, 2.24) is 9.80 Å². The molecule has 0 saturated carbocycles. The number of hydrogen-bond donors (Lipinski definition) is 1. The van der Waals surface area contributed by atoms with E-state index in [0.29, 0.717) is 18.8 Å². The fraction of sp³-hybridized carbons (Fsp3) is 0.435. The third kappa shape index (κ3) is 7.15. The van der Waals surface area contributed by atoms with Gasteiger partial charge < -0.3 is 15.0 Å². The van der Waals surface area contributed by atoms with Crippen LogP contribution < -0.4 is 10.1 Å². The first-order valence-corrected chi connectivity index (χ1v) is 10.2. The van der Waals surface area contributed by atoms with E-state index in [1.54, 1.807) is 12.1 Å². The lowest BCUT2D eigenvalue weighted by Crippen LogP contribution is -2.48. The van der Waals surface area contributed by atoms with E-state index in [4.69, 9.17) is 4.74 Å². The summed E-state index contributed by atoms with van der Waals surface area (Å²) in [6.07, 6.45) is 0.984. The van der Waals surface area contributed by atoms with Crippen LogP contribution in [-0.2, 0) is 4.79 Å². The predicted molar refractivity (Wildman–Crippen MR) is 114 cm³/mol. The second-order valence-corrected chi connectivity index (χ2v) is 7.70. The van der Waals surface area contributed by atoms with Crippen LogP contribution in [0.25, 0.3) is 0 Å². The van der Waals surface area contributed by atoms with Crippen molar-refractivity contribution in [3.05, 3.63) is 59.4 Å². The van der Waals surface area contributed by atoms with Crippen LogP contribution in [0.1, 0.15) is 17.5 Å². The molecule has 156 valence electrons. The van der Waals surface area contributed by atoms with Gasteiger partial charge in [0.1, 0.15) is 11.6 Å². The van der Waals surface area contributed by atoms with Gasteiger partial charge in [0.2, 0.25) is 5.91 Å². The van der Waals surface area contributed by atoms with Crippen molar-refractivity contribution in [1.29, 1.82) is 0 Å². The highest BCUT2D eigenvalue weighted by atomic mass is 19.1. The highest BCUT2D eigenvalue weighted by molar-refractivity contribution is 5.92. The van der Waals surface area contributed by atoms with Crippen molar-refractivity contribution < 1.29 is 13.9 Å². The van der Waals surface area contributed by atoms with Crippen molar-refractivity contribution in [2.75, 3.05) is 51.2 Å². The first-order valence-electron chi connectivity index (χ1n) is 10.2. The van der Waals surface area contributed by atoms with E-state index in [0.717, 1.165) is 44.9 Å². The van der Waals surface area contributed by atoms with Crippen LogP contribution in [0.5, 0.6) is 5.75 Å². The molecule has 6 heteroatoms. The van der Waals surface area contributed by atoms with Gasteiger partial charge in [-0.05, 0) is 67.8 Å². The van der Waals surface area contributed by atoms with Crippen LogP contribution in [0.4, 0.5) is 10.1 Å². The molecule has 1 N–H and O–H groups in total. The largest absolute Gasteiger partial charge is 0.494 e. The molecule has 1 amide bonds. The van der Waals surface area contributed by atoms with Crippen LogP contribution in [-0.4, -0.2) is 61.6 Å². The number of amides is 1. The zero-order chi connectivity index (χ0) is 20.6. The number of nitrogens with zero attached hydrogens (tertiary/aromatic N) is 2. The van der Waals surface area contributed by atoms with Crippen molar-refractivity contribution in [2.45, 2.75) is 20.3 Å². The molecule has 3 rings (SSSR count). The van der Waals surface area contributed by atoms with E-state index in [2.05, 4.69) is 47.2 Å². The summed E-state index contributed by atoms with van der Waals surface area (Å²) in [5.74, 6) is 0.574. The molecule has 2 aromatic rings. The van der Waals surface area contributed by atoms with Gasteiger partial charge in [-0.3, -0.25) is 9.69 Å². The molecular formula is C23H30FN3O2. The van der Waals surface area contributed by atoms with E-state index in [1.807, 2.05) is 0 Å². The Morgan fingerprint density at radius 1 is 1.00 bits per heavy atom. The molecule has 1 fully saturated rings. The Morgan fingerprint density at radius 3 is 2.28 bits per heavy atom. The summed E-state index contributed by atoms with van der Waals surface area (Å²) < 4.78 is 18.8. The third-order valence-corrected chi connectivity index (χ3v) is 5.04. The topological polar surface area (TPSA) is 44.8 Å². The fourth-order valence-electron chi connectivity index (χ4n) is 3.60. The smallest absolute Gasteiger partial charge is 0.238 e. The zero-order valence-corrected chi connectivity index (χ0v) is 17.3.